The Bertz CT molecular complexity index is 626. The van der Waals surface area contributed by atoms with Crippen molar-refractivity contribution in [2.24, 2.45) is 0 Å². The average molecular weight is 299 g/mol. The number of piperazine rings is 1. The van der Waals surface area contributed by atoms with E-state index in [1.807, 2.05) is 0 Å². The van der Waals surface area contributed by atoms with Gasteiger partial charge in [-0.1, -0.05) is 12.1 Å². The molecule has 1 amide bonds. The molecule has 0 atom stereocenters. The molecule has 1 fully saturated rings. The summed E-state index contributed by atoms with van der Waals surface area (Å²) in [6.45, 7) is 0.342. The first-order chi connectivity index (χ1) is 9.38. The molecule has 8 nitrogen and oxygen atoms in total. The van der Waals surface area contributed by atoms with Gasteiger partial charge < -0.3 is 5.32 Å². The van der Waals surface area contributed by atoms with Crippen LogP contribution in [0.3, 0.4) is 0 Å². The van der Waals surface area contributed by atoms with Gasteiger partial charge >= 0.3 is 0 Å². The van der Waals surface area contributed by atoms with Crippen molar-refractivity contribution in [3.05, 3.63) is 39.9 Å². The van der Waals surface area contributed by atoms with Gasteiger partial charge in [-0.2, -0.15) is 4.31 Å². The number of carbonyl (C=O) groups excluding carboxylic acids is 1. The molecule has 9 heteroatoms. The molecule has 1 aliphatic heterocycles. The SMILES string of the molecule is O=C1CN(S(=O)(=O)Cc2ccc([N+](=O)[O-])cc2)CCN1. The molecule has 1 aliphatic rings. The minimum Gasteiger partial charge on any atom is -0.354 e. The normalized spacial score (nSPS) is 16.7. The molecular formula is C11H13N3O5S. The zero-order valence-corrected chi connectivity index (χ0v) is 11.3. The third kappa shape index (κ3) is 3.31. The maximum absolute atomic E-state index is 12.1. The first-order valence-corrected chi connectivity index (χ1v) is 7.47. The zero-order chi connectivity index (χ0) is 14.8. The van der Waals surface area contributed by atoms with Crippen LogP contribution in [0.2, 0.25) is 0 Å². The van der Waals surface area contributed by atoms with E-state index in [0.717, 1.165) is 4.31 Å². The van der Waals surface area contributed by atoms with Gasteiger partial charge in [-0.3, -0.25) is 14.9 Å². The number of carbonyl (C=O) groups is 1. The van der Waals surface area contributed by atoms with E-state index in [4.69, 9.17) is 0 Å². The summed E-state index contributed by atoms with van der Waals surface area (Å²) in [5.41, 5.74) is 0.352. The summed E-state index contributed by atoms with van der Waals surface area (Å²) in [5.74, 6) is -0.610. The quantitative estimate of drug-likeness (QED) is 0.614. The summed E-state index contributed by atoms with van der Waals surface area (Å²) in [7, 11) is -3.60. The number of hydrogen-bond donors (Lipinski definition) is 1. The Hall–Kier alpha value is -2.00. The Morgan fingerprint density at radius 1 is 1.30 bits per heavy atom. The highest BCUT2D eigenvalue weighted by Gasteiger charge is 2.27. The minimum absolute atomic E-state index is 0.0940. The topological polar surface area (TPSA) is 110 Å². The monoisotopic (exact) mass is 299 g/mol. The lowest BCUT2D eigenvalue weighted by Gasteiger charge is -2.25. The zero-order valence-electron chi connectivity index (χ0n) is 10.5. The molecule has 0 aromatic heterocycles. The number of amides is 1. The highest BCUT2D eigenvalue weighted by Crippen LogP contribution is 2.16. The van der Waals surface area contributed by atoms with Crippen molar-refractivity contribution in [2.45, 2.75) is 5.75 Å². The van der Waals surface area contributed by atoms with Crippen LogP contribution in [-0.4, -0.2) is 43.2 Å². The lowest BCUT2D eigenvalue weighted by Crippen LogP contribution is -2.50. The maximum Gasteiger partial charge on any atom is 0.269 e. The lowest BCUT2D eigenvalue weighted by molar-refractivity contribution is -0.384. The van der Waals surface area contributed by atoms with Gasteiger partial charge in [0.2, 0.25) is 15.9 Å². The molecule has 1 heterocycles. The standard InChI is InChI=1S/C11H13N3O5S/c15-11-7-13(6-5-12-11)20(18,19)8-9-1-3-10(4-2-9)14(16)17/h1-4H,5-8H2,(H,12,15). The van der Waals surface area contributed by atoms with Crippen molar-refractivity contribution in [3.8, 4) is 0 Å². The van der Waals surface area contributed by atoms with E-state index < -0.39 is 14.9 Å². The van der Waals surface area contributed by atoms with E-state index in [2.05, 4.69) is 5.32 Å². The second kappa shape index (κ2) is 5.55. The molecule has 0 spiro atoms. The Kier molecular flexibility index (Phi) is 4.00. The number of nitrogens with zero attached hydrogens (tertiary/aromatic N) is 2. The molecule has 20 heavy (non-hydrogen) atoms. The van der Waals surface area contributed by atoms with Crippen LogP contribution in [-0.2, 0) is 20.6 Å². The van der Waals surface area contributed by atoms with Crippen LogP contribution in [0.4, 0.5) is 5.69 Å². The first kappa shape index (κ1) is 14.4. The summed E-state index contributed by atoms with van der Waals surface area (Å²) >= 11 is 0. The van der Waals surface area contributed by atoms with Crippen LogP contribution in [0.15, 0.2) is 24.3 Å². The van der Waals surface area contributed by atoms with E-state index >= 15 is 0 Å². The molecule has 0 radical (unpaired) electrons. The molecule has 0 bridgehead atoms. The average Bonchev–Trinajstić information content (AvgIpc) is 2.39. The highest BCUT2D eigenvalue weighted by molar-refractivity contribution is 7.88. The Balaban J connectivity index is 2.11. The first-order valence-electron chi connectivity index (χ1n) is 5.86. The molecule has 1 aromatic carbocycles. The number of non-ortho nitro benzene ring substituents is 1. The van der Waals surface area contributed by atoms with E-state index in [-0.39, 0.29) is 30.4 Å². The smallest absolute Gasteiger partial charge is 0.269 e. The van der Waals surface area contributed by atoms with Gasteiger partial charge in [0.25, 0.3) is 5.69 Å². The second-order valence-corrected chi connectivity index (χ2v) is 6.33. The molecule has 1 N–H and O–H groups in total. The van der Waals surface area contributed by atoms with Gasteiger partial charge in [-0.15, -0.1) is 0 Å². The fraction of sp³-hybridized carbons (Fsp3) is 0.364. The van der Waals surface area contributed by atoms with Crippen molar-refractivity contribution in [1.29, 1.82) is 0 Å². The number of sulfonamides is 1. The maximum atomic E-state index is 12.1. The van der Waals surface area contributed by atoms with Gasteiger partial charge in [-0.05, 0) is 5.56 Å². The number of hydrogen-bond acceptors (Lipinski definition) is 5. The third-order valence-electron chi connectivity index (χ3n) is 2.89. The minimum atomic E-state index is -3.60. The molecule has 108 valence electrons. The molecule has 0 aliphatic carbocycles. The number of nitro benzene ring substituents is 1. The van der Waals surface area contributed by atoms with Crippen LogP contribution in [0.1, 0.15) is 5.56 Å². The highest BCUT2D eigenvalue weighted by atomic mass is 32.2. The molecule has 0 unspecified atom stereocenters. The van der Waals surface area contributed by atoms with Crippen LogP contribution in [0.25, 0.3) is 0 Å². The number of nitrogens with one attached hydrogen (secondary N) is 1. The Morgan fingerprint density at radius 3 is 2.50 bits per heavy atom. The van der Waals surface area contributed by atoms with Crippen molar-refractivity contribution in [1.82, 2.24) is 9.62 Å². The Morgan fingerprint density at radius 2 is 1.95 bits per heavy atom. The number of nitro groups is 1. The van der Waals surface area contributed by atoms with E-state index in [1.165, 1.54) is 24.3 Å². The van der Waals surface area contributed by atoms with Crippen molar-refractivity contribution in [2.75, 3.05) is 19.6 Å². The van der Waals surface area contributed by atoms with Gasteiger partial charge in [0, 0.05) is 25.2 Å². The summed E-state index contributed by atoms with van der Waals surface area (Å²) < 4.78 is 25.4. The fourth-order valence-corrected chi connectivity index (χ4v) is 3.35. The summed E-state index contributed by atoms with van der Waals surface area (Å²) in [4.78, 5) is 21.2. The van der Waals surface area contributed by atoms with Crippen LogP contribution in [0.5, 0.6) is 0 Å². The van der Waals surface area contributed by atoms with Gasteiger partial charge in [-0.25, -0.2) is 8.42 Å². The molecule has 1 saturated heterocycles. The largest absolute Gasteiger partial charge is 0.354 e. The van der Waals surface area contributed by atoms with E-state index in [0.29, 0.717) is 12.1 Å². The molecule has 2 rings (SSSR count). The fourth-order valence-electron chi connectivity index (χ4n) is 1.87. The number of benzene rings is 1. The lowest BCUT2D eigenvalue weighted by atomic mass is 10.2. The third-order valence-corrected chi connectivity index (χ3v) is 4.69. The van der Waals surface area contributed by atoms with Crippen molar-refractivity contribution < 1.29 is 18.1 Å². The number of rotatable bonds is 4. The van der Waals surface area contributed by atoms with Gasteiger partial charge in [0.1, 0.15) is 0 Å². The van der Waals surface area contributed by atoms with E-state index in [9.17, 15) is 23.3 Å². The molecule has 1 aromatic rings. The van der Waals surface area contributed by atoms with Crippen molar-refractivity contribution in [3.63, 3.8) is 0 Å². The van der Waals surface area contributed by atoms with Crippen LogP contribution in [0, 0.1) is 10.1 Å². The molecular weight excluding hydrogens is 286 g/mol. The molecule has 0 saturated carbocycles. The summed E-state index contributed by atoms with van der Waals surface area (Å²) in [6, 6.07) is 5.32. The summed E-state index contributed by atoms with van der Waals surface area (Å²) in [6.07, 6.45) is 0. The predicted molar refractivity (Wildman–Crippen MR) is 70.3 cm³/mol. The van der Waals surface area contributed by atoms with Gasteiger partial charge in [0.05, 0.1) is 17.2 Å². The van der Waals surface area contributed by atoms with Crippen molar-refractivity contribution >= 4 is 21.6 Å². The predicted octanol–water partition coefficient (Wildman–Crippen LogP) is -0.144. The van der Waals surface area contributed by atoms with E-state index in [1.54, 1.807) is 0 Å². The Labute approximate surface area is 115 Å². The van der Waals surface area contributed by atoms with Crippen LogP contribution >= 0.6 is 0 Å². The van der Waals surface area contributed by atoms with Crippen LogP contribution < -0.4 is 5.32 Å². The summed E-state index contributed by atoms with van der Waals surface area (Å²) in [5, 5.41) is 13.1. The second-order valence-electron chi connectivity index (χ2n) is 4.36. The van der Waals surface area contributed by atoms with Gasteiger partial charge in [0.15, 0.2) is 0 Å².